The molecule has 1 fully saturated rings. The van der Waals surface area contributed by atoms with Gasteiger partial charge in [0.1, 0.15) is 5.82 Å². The van der Waals surface area contributed by atoms with Gasteiger partial charge >= 0.3 is 0 Å². The van der Waals surface area contributed by atoms with Crippen molar-refractivity contribution in [3.8, 4) is 0 Å². The van der Waals surface area contributed by atoms with E-state index in [0.29, 0.717) is 6.04 Å². The average Bonchev–Trinajstić information content (AvgIpc) is 2.99. The molecule has 1 aliphatic rings. The highest BCUT2D eigenvalue weighted by Crippen LogP contribution is 2.21. The van der Waals surface area contributed by atoms with Gasteiger partial charge in [0.05, 0.1) is 6.54 Å². The number of aromatic nitrogens is 2. The van der Waals surface area contributed by atoms with Crippen molar-refractivity contribution in [1.82, 2.24) is 19.8 Å². The molecular weight excluding hydrogens is 296 g/mol. The van der Waals surface area contributed by atoms with Crippen LogP contribution >= 0.6 is 11.6 Å². The van der Waals surface area contributed by atoms with Crippen molar-refractivity contribution in [3.63, 3.8) is 0 Å². The summed E-state index contributed by atoms with van der Waals surface area (Å²) < 4.78 is 0. The van der Waals surface area contributed by atoms with Crippen molar-refractivity contribution in [1.29, 1.82) is 0 Å². The van der Waals surface area contributed by atoms with E-state index in [2.05, 4.69) is 32.9 Å². The van der Waals surface area contributed by atoms with Gasteiger partial charge in [-0.3, -0.25) is 9.80 Å². The number of hydrogen-bond donors (Lipinski definition) is 0. The minimum Gasteiger partial charge on any atom is -0.297 e. The zero-order chi connectivity index (χ0) is 15.4. The molecule has 1 aliphatic heterocycles. The Morgan fingerprint density at radius 2 is 2.00 bits per heavy atom. The van der Waals surface area contributed by atoms with Crippen LogP contribution in [0.4, 0.5) is 0 Å². The van der Waals surface area contributed by atoms with Crippen LogP contribution in [0.25, 0.3) is 0 Å². The maximum absolute atomic E-state index is 6.26. The van der Waals surface area contributed by atoms with Crippen molar-refractivity contribution >= 4 is 11.6 Å². The highest BCUT2D eigenvalue weighted by molar-refractivity contribution is 6.31. The van der Waals surface area contributed by atoms with Crippen LogP contribution in [-0.4, -0.2) is 45.9 Å². The highest BCUT2D eigenvalue weighted by atomic mass is 35.5. The molecule has 2 aromatic rings. The van der Waals surface area contributed by atoms with Gasteiger partial charge in [0.15, 0.2) is 0 Å². The van der Waals surface area contributed by atoms with E-state index in [1.54, 1.807) is 12.4 Å². The zero-order valence-electron chi connectivity index (χ0n) is 12.8. The van der Waals surface area contributed by atoms with Gasteiger partial charge in [-0.15, -0.1) is 0 Å². The normalized spacial score (nSPS) is 19.0. The summed E-state index contributed by atoms with van der Waals surface area (Å²) in [4.78, 5) is 13.4. The molecule has 2 heterocycles. The summed E-state index contributed by atoms with van der Waals surface area (Å²) in [5, 5.41) is 0.858. The van der Waals surface area contributed by atoms with Gasteiger partial charge in [0.2, 0.25) is 0 Å². The maximum atomic E-state index is 6.26. The number of rotatable bonds is 5. The van der Waals surface area contributed by atoms with Gasteiger partial charge in [0.25, 0.3) is 0 Å². The van der Waals surface area contributed by atoms with Crippen LogP contribution in [0.3, 0.4) is 0 Å². The van der Waals surface area contributed by atoms with Crippen molar-refractivity contribution in [2.75, 3.05) is 20.1 Å². The van der Waals surface area contributed by atoms with Gasteiger partial charge in [-0.05, 0) is 31.2 Å². The molecule has 3 rings (SSSR count). The lowest BCUT2D eigenvalue weighted by Gasteiger charge is -2.24. The molecule has 0 unspecified atom stereocenters. The molecular formula is C17H21ClN4. The first-order valence-corrected chi connectivity index (χ1v) is 8.02. The van der Waals surface area contributed by atoms with E-state index >= 15 is 0 Å². The van der Waals surface area contributed by atoms with Crippen LogP contribution in [0, 0.1) is 0 Å². The number of likely N-dealkylation sites (N-methyl/N-ethyl adjacent to an activating group) is 1. The summed E-state index contributed by atoms with van der Waals surface area (Å²) in [5.41, 5.74) is 1.21. The van der Waals surface area contributed by atoms with E-state index in [1.807, 2.05) is 24.3 Å². The Morgan fingerprint density at radius 3 is 2.77 bits per heavy atom. The molecule has 0 radical (unpaired) electrons. The lowest BCUT2D eigenvalue weighted by Crippen LogP contribution is -2.34. The molecule has 4 nitrogen and oxygen atoms in total. The average molecular weight is 317 g/mol. The molecule has 116 valence electrons. The zero-order valence-corrected chi connectivity index (χ0v) is 13.6. The Hall–Kier alpha value is -1.49. The smallest absolute Gasteiger partial charge is 0.142 e. The molecule has 1 atom stereocenters. The summed E-state index contributed by atoms with van der Waals surface area (Å²) >= 11 is 6.26. The van der Waals surface area contributed by atoms with Gasteiger partial charge in [-0.1, -0.05) is 29.8 Å². The van der Waals surface area contributed by atoms with E-state index in [9.17, 15) is 0 Å². The molecule has 22 heavy (non-hydrogen) atoms. The van der Waals surface area contributed by atoms with E-state index < -0.39 is 0 Å². The molecule has 1 aromatic heterocycles. The first kappa shape index (κ1) is 15.4. The second-order valence-electron chi connectivity index (χ2n) is 5.85. The molecule has 0 spiro atoms. The fraction of sp³-hybridized carbons (Fsp3) is 0.412. The van der Waals surface area contributed by atoms with E-state index in [1.165, 1.54) is 12.0 Å². The third-order valence-corrected chi connectivity index (χ3v) is 4.60. The largest absolute Gasteiger partial charge is 0.297 e. The summed E-state index contributed by atoms with van der Waals surface area (Å²) in [6, 6.07) is 10.5. The third kappa shape index (κ3) is 3.83. The number of nitrogens with zero attached hydrogens (tertiary/aromatic N) is 4. The Kier molecular flexibility index (Phi) is 5.03. The van der Waals surface area contributed by atoms with E-state index in [0.717, 1.165) is 37.0 Å². The Labute approximate surface area is 136 Å². The Balaban J connectivity index is 1.55. The van der Waals surface area contributed by atoms with Gasteiger partial charge < -0.3 is 0 Å². The van der Waals surface area contributed by atoms with Crippen molar-refractivity contribution in [2.24, 2.45) is 0 Å². The second-order valence-corrected chi connectivity index (χ2v) is 6.26. The Bertz CT molecular complexity index is 605. The summed E-state index contributed by atoms with van der Waals surface area (Å²) in [6.07, 6.45) is 4.77. The molecule has 0 bridgehead atoms. The molecule has 1 aromatic carbocycles. The maximum Gasteiger partial charge on any atom is 0.142 e. The van der Waals surface area contributed by atoms with Crippen LogP contribution in [0.1, 0.15) is 17.8 Å². The van der Waals surface area contributed by atoms with E-state index in [4.69, 9.17) is 11.6 Å². The predicted molar refractivity (Wildman–Crippen MR) is 88.6 cm³/mol. The van der Waals surface area contributed by atoms with Crippen molar-refractivity contribution < 1.29 is 0 Å². The Morgan fingerprint density at radius 1 is 1.23 bits per heavy atom. The standard InChI is InChI=1S/C17H21ClN4/c1-21(13-17-19-8-4-9-20-17)15-7-10-22(12-15)11-14-5-2-3-6-16(14)18/h2-6,8-9,15H,7,10-13H2,1H3/t15-/m1/s1. The molecule has 0 amide bonds. The van der Waals surface area contributed by atoms with Crippen LogP contribution in [-0.2, 0) is 13.1 Å². The van der Waals surface area contributed by atoms with Crippen LogP contribution in [0.2, 0.25) is 5.02 Å². The van der Waals surface area contributed by atoms with Gasteiger partial charge in [-0.25, -0.2) is 9.97 Å². The highest BCUT2D eigenvalue weighted by Gasteiger charge is 2.26. The predicted octanol–water partition coefficient (Wildman–Crippen LogP) is 2.84. The molecule has 5 heteroatoms. The molecule has 0 aliphatic carbocycles. The van der Waals surface area contributed by atoms with Crippen LogP contribution < -0.4 is 0 Å². The minimum atomic E-state index is 0.547. The molecule has 0 N–H and O–H groups in total. The van der Waals surface area contributed by atoms with Gasteiger partial charge in [0, 0.05) is 43.1 Å². The van der Waals surface area contributed by atoms with Crippen LogP contribution in [0.5, 0.6) is 0 Å². The number of benzene rings is 1. The number of hydrogen-bond acceptors (Lipinski definition) is 4. The van der Waals surface area contributed by atoms with Crippen LogP contribution in [0.15, 0.2) is 42.7 Å². The first-order valence-electron chi connectivity index (χ1n) is 7.64. The van der Waals surface area contributed by atoms with Crippen molar-refractivity contribution in [2.45, 2.75) is 25.6 Å². The van der Waals surface area contributed by atoms with Crippen molar-refractivity contribution in [3.05, 3.63) is 59.1 Å². The topological polar surface area (TPSA) is 32.3 Å². The quantitative estimate of drug-likeness (QED) is 0.849. The summed E-state index contributed by atoms with van der Waals surface area (Å²) in [5.74, 6) is 0.884. The second kappa shape index (κ2) is 7.18. The lowest BCUT2D eigenvalue weighted by molar-refractivity contribution is 0.218. The van der Waals surface area contributed by atoms with E-state index in [-0.39, 0.29) is 0 Å². The fourth-order valence-electron chi connectivity index (χ4n) is 2.95. The first-order chi connectivity index (χ1) is 10.7. The summed E-state index contributed by atoms with van der Waals surface area (Å²) in [6.45, 7) is 3.89. The fourth-order valence-corrected chi connectivity index (χ4v) is 3.14. The van der Waals surface area contributed by atoms with Gasteiger partial charge in [-0.2, -0.15) is 0 Å². The SMILES string of the molecule is CN(Cc1ncccn1)[C@@H]1CCN(Cc2ccccc2Cl)C1. The minimum absolute atomic E-state index is 0.547. The third-order valence-electron chi connectivity index (χ3n) is 4.23. The molecule has 1 saturated heterocycles. The lowest BCUT2D eigenvalue weighted by atomic mass is 10.2. The number of likely N-dealkylation sites (tertiary alicyclic amines) is 1. The monoisotopic (exact) mass is 316 g/mol. The number of halogens is 1. The summed E-state index contributed by atoms with van der Waals surface area (Å²) in [7, 11) is 2.15. The molecule has 0 saturated carbocycles.